The number of nitrogens with zero attached hydrogens (tertiary/aromatic N) is 3. The lowest BCUT2D eigenvalue weighted by molar-refractivity contribution is -0.129. The second-order valence-electron chi connectivity index (χ2n) is 8.50. The van der Waals surface area contributed by atoms with E-state index in [9.17, 15) is 18.0 Å². The molecule has 0 unspecified atom stereocenters. The van der Waals surface area contributed by atoms with E-state index >= 15 is 0 Å². The van der Waals surface area contributed by atoms with Crippen molar-refractivity contribution in [1.29, 1.82) is 0 Å². The van der Waals surface area contributed by atoms with Crippen LogP contribution in [0.1, 0.15) is 44.1 Å². The average molecular weight is 484 g/mol. The van der Waals surface area contributed by atoms with Crippen LogP contribution in [0.4, 0.5) is 0 Å². The number of thioether (sulfide) groups is 1. The smallest absolute Gasteiger partial charge is 0.263 e. The predicted octanol–water partition coefficient (Wildman–Crippen LogP) is 2.73. The fourth-order valence-electron chi connectivity index (χ4n) is 4.66. The summed E-state index contributed by atoms with van der Waals surface area (Å²) in [7, 11) is -3.05. The summed E-state index contributed by atoms with van der Waals surface area (Å²) in [5, 5.41) is 1.32. The standard InChI is InChI=1S/C21H29N3O4S3/c1-4-23(14-8-9-31(27,28)12-14)17(25)11-29-21-22-19-18(20(26)24(21)5-2)15-7-6-13(3)10-16(15)30-19/h13-14H,4-12H2,1-3H3/t13-,14+/m1/s1. The van der Waals surface area contributed by atoms with Gasteiger partial charge in [0.05, 0.1) is 22.6 Å². The highest BCUT2D eigenvalue weighted by atomic mass is 32.2. The summed E-state index contributed by atoms with van der Waals surface area (Å²) in [5.74, 6) is 0.847. The molecule has 0 aromatic carbocycles. The van der Waals surface area contributed by atoms with Crippen molar-refractivity contribution in [2.45, 2.75) is 64.2 Å². The van der Waals surface area contributed by atoms with Gasteiger partial charge in [0.2, 0.25) is 5.91 Å². The first-order valence-corrected chi connectivity index (χ1v) is 14.5. The summed E-state index contributed by atoms with van der Waals surface area (Å²) in [6.07, 6.45) is 3.52. The van der Waals surface area contributed by atoms with E-state index in [2.05, 4.69) is 6.92 Å². The summed E-state index contributed by atoms with van der Waals surface area (Å²) in [6.45, 7) is 7.01. The van der Waals surface area contributed by atoms with Gasteiger partial charge < -0.3 is 4.90 Å². The molecule has 2 aromatic heterocycles. The van der Waals surface area contributed by atoms with Gasteiger partial charge in [0, 0.05) is 24.0 Å². The lowest BCUT2D eigenvalue weighted by Gasteiger charge is -2.26. The van der Waals surface area contributed by atoms with Crippen molar-refractivity contribution in [3.63, 3.8) is 0 Å². The van der Waals surface area contributed by atoms with Crippen LogP contribution in [0.15, 0.2) is 9.95 Å². The molecule has 0 saturated carbocycles. The molecule has 0 spiro atoms. The summed E-state index contributed by atoms with van der Waals surface area (Å²) in [4.78, 5) is 34.7. The third-order valence-electron chi connectivity index (χ3n) is 6.33. The predicted molar refractivity (Wildman–Crippen MR) is 126 cm³/mol. The molecule has 1 fully saturated rings. The summed E-state index contributed by atoms with van der Waals surface area (Å²) in [5.41, 5.74) is 1.16. The lowest BCUT2D eigenvalue weighted by Crippen LogP contribution is -2.42. The molecule has 7 nitrogen and oxygen atoms in total. The molecule has 2 aliphatic rings. The first-order valence-electron chi connectivity index (χ1n) is 10.9. The van der Waals surface area contributed by atoms with E-state index in [0.29, 0.717) is 30.6 Å². The number of carbonyl (C=O) groups is 1. The van der Waals surface area contributed by atoms with Crippen LogP contribution in [-0.2, 0) is 34.0 Å². The molecule has 3 heterocycles. The maximum absolute atomic E-state index is 13.3. The summed E-state index contributed by atoms with van der Waals surface area (Å²) >= 11 is 2.89. The van der Waals surface area contributed by atoms with Crippen LogP contribution in [0.3, 0.4) is 0 Å². The fourth-order valence-corrected chi connectivity index (χ4v) is 8.77. The van der Waals surface area contributed by atoms with Gasteiger partial charge in [0.1, 0.15) is 4.83 Å². The maximum atomic E-state index is 13.3. The van der Waals surface area contributed by atoms with Crippen LogP contribution < -0.4 is 5.56 Å². The third kappa shape index (κ3) is 4.43. The van der Waals surface area contributed by atoms with E-state index in [1.807, 2.05) is 13.8 Å². The van der Waals surface area contributed by atoms with Crippen LogP contribution in [-0.4, -0.2) is 58.6 Å². The van der Waals surface area contributed by atoms with Crippen molar-refractivity contribution in [1.82, 2.24) is 14.5 Å². The SMILES string of the molecule is CCN(C(=O)CSc1nc2sc3c(c2c(=O)n1CC)CC[C@@H](C)C3)[C@H]1CCS(=O)(=O)C1. The Kier molecular flexibility index (Phi) is 6.52. The number of thiophene rings is 1. The van der Waals surface area contributed by atoms with E-state index in [1.165, 1.54) is 22.2 Å². The highest BCUT2D eigenvalue weighted by Gasteiger charge is 2.34. The molecule has 4 rings (SSSR count). The van der Waals surface area contributed by atoms with Gasteiger partial charge in [0.25, 0.3) is 5.56 Å². The molecule has 31 heavy (non-hydrogen) atoms. The van der Waals surface area contributed by atoms with E-state index in [-0.39, 0.29) is 34.8 Å². The number of hydrogen-bond acceptors (Lipinski definition) is 7. The summed E-state index contributed by atoms with van der Waals surface area (Å²) in [6, 6.07) is -0.252. The number of rotatable bonds is 6. The first-order chi connectivity index (χ1) is 14.7. The maximum Gasteiger partial charge on any atom is 0.263 e. The lowest BCUT2D eigenvalue weighted by atomic mass is 9.89. The normalized spacial score (nSPS) is 22.5. The average Bonchev–Trinajstić information content (AvgIpc) is 3.25. The van der Waals surface area contributed by atoms with E-state index in [0.717, 1.165) is 29.5 Å². The fraction of sp³-hybridized carbons (Fsp3) is 0.667. The third-order valence-corrected chi connectivity index (χ3v) is 10.2. The van der Waals surface area contributed by atoms with Crippen molar-refractivity contribution in [2.75, 3.05) is 23.8 Å². The number of aromatic nitrogens is 2. The van der Waals surface area contributed by atoms with E-state index in [1.54, 1.807) is 20.8 Å². The van der Waals surface area contributed by atoms with Crippen LogP contribution in [0.2, 0.25) is 0 Å². The molecule has 0 radical (unpaired) electrons. The van der Waals surface area contributed by atoms with Crippen molar-refractivity contribution < 1.29 is 13.2 Å². The molecule has 1 aliphatic heterocycles. The molecule has 0 N–H and O–H groups in total. The zero-order valence-electron chi connectivity index (χ0n) is 18.2. The number of hydrogen-bond donors (Lipinski definition) is 0. The van der Waals surface area contributed by atoms with Gasteiger partial charge in [-0.1, -0.05) is 18.7 Å². The minimum atomic E-state index is -3.05. The number of fused-ring (bicyclic) bond motifs is 3. The largest absolute Gasteiger partial charge is 0.338 e. The number of carbonyl (C=O) groups excluding carboxylic acids is 1. The Morgan fingerprint density at radius 1 is 1.32 bits per heavy atom. The molecular formula is C21H29N3O4S3. The van der Waals surface area contributed by atoms with Crippen LogP contribution >= 0.6 is 23.1 Å². The Hall–Kier alpha value is -1.39. The molecule has 1 saturated heterocycles. The molecule has 2 aromatic rings. The van der Waals surface area contributed by atoms with Crippen molar-refractivity contribution in [3.8, 4) is 0 Å². The molecule has 2 atom stereocenters. The van der Waals surface area contributed by atoms with Crippen LogP contribution in [0.5, 0.6) is 0 Å². The van der Waals surface area contributed by atoms with Crippen LogP contribution in [0.25, 0.3) is 10.2 Å². The Morgan fingerprint density at radius 3 is 2.74 bits per heavy atom. The van der Waals surface area contributed by atoms with Gasteiger partial charge in [-0.25, -0.2) is 13.4 Å². The second-order valence-corrected chi connectivity index (χ2v) is 12.8. The number of sulfone groups is 1. The van der Waals surface area contributed by atoms with Gasteiger partial charge in [-0.15, -0.1) is 11.3 Å². The zero-order valence-corrected chi connectivity index (χ0v) is 20.7. The molecule has 1 amide bonds. The highest BCUT2D eigenvalue weighted by molar-refractivity contribution is 7.99. The number of amides is 1. The van der Waals surface area contributed by atoms with Crippen molar-refractivity contribution in [2.24, 2.45) is 5.92 Å². The molecule has 0 bridgehead atoms. The Balaban J connectivity index is 1.58. The van der Waals surface area contributed by atoms with Gasteiger partial charge in [0.15, 0.2) is 15.0 Å². The van der Waals surface area contributed by atoms with E-state index in [4.69, 9.17) is 4.98 Å². The quantitative estimate of drug-likeness (QED) is 0.464. The summed E-state index contributed by atoms with van der Waals surface area (Å²) < 4.78 is 25.3. The minimum Gasteiger partial charge on any atom is -0.338 e. The molecule has 1 aliphatic carbocycles. The Bertz CT molecular complexity index is 1170. The molecular weight excluding hydrogens is 454 g/mol. The first kappa shape index (κ1) is 22.8. The monoisotopic (exact) mass is 483 g/mol. The van der Waals surface area contributed by atoms with Gasteiger partial charge >= 0.3 is 0 Å². The minimum absolute atomic E-state index is 0.0104. The Labute approximate surface area is 191 Å². The van der Waals surface area contributed by atoms with E-state index < -0.39 is 9.84 Å². The Morgan fingerprint density at radius 2 is 2.10 bits per heavy atom. The highest BCUT2D eigenvalue weighted by Crippen LogP contribution is 2.36. The molecule has 170 valence electrons. The number of aryl methyl sites for hydroxylation is 1. The molecule has 10 heteroatoms. The van der Waals surface area contributed by atoms with Gasteiger partial charge in [-0.3, -0.25) is 14.2 Å². The topological polar surface area (TPSA) is 89.3 Å². The van der Waals surface area contributed by atoms with Gasteiger partial charge in [-0.2, -0.15) is 0 Å². The van der Waals surface area contributed by atoms with Crippen molar-refractivity contribution >= 4 is 49.1 Å². The second kappa shape index (κ2) is 8.86. The van der Waals surface area contributed by atoms with Crippen molar-refractivity contribution in [3.05, 3.63) is 20.8 Å². The van der Waals surface area contributed by atoms with Crippen LogP contribution in [0, 0.1) is 5.92 Å². The van der Waals surface area contributed by atoms with Gasteiger partial charge in [-0.05, 0) is 51.0 Å². The zero-order chi connectivity index (χ0) is 22.3.